The van der Waals surface area contributed by atoms with E-state index in [0.29, 0.717) is 23.6 Å². The van der Waals surface area contributed by atoms with E-state index in [2.05, 4.69) is 5.32 Å². The van der Waals surface area contributed by atoms with E-state index in [-0.39, 0.29) is 5.91 Å². The Labute approximate surface area is 115 Å². The van der Waals surface area contributed by atoms with Crippen molar-refractivity contribution in [2.45, 2.75) is 32.0 Å². The van der Waals surface area contributed by atoms with Crippen molar-refractivity contribution in [1.29, 1.82) is 0 Å². The van der Waals surface area contributed by atoms with Crippen molar-refractivity contribution in [3.8, 4) is 0 Å². The third-order valence-electron chi connectivity index (χ3n) is 2.97. The number of hydrogen-bond acceptors (Lipinski definition) is 3. The first kappa shape index (κ1) is 13.8. The van der Waals surface area contributed by atoms with E-state index in [4.69, 9.17) is 21.4 Å². The summed E-state index contributed by atoms with van der Waals surface area (Å²) in [7, 11) is 0. The predicted octanol–water partition coefficient (Wildman–Crippen LogP) is 2.22. The maximum absolute atomic E-state index is 12.0. The number of carbonyl (C=O) groups excluding carboxylic acids is 1. The zero-order chi connectivity index (χ0) is 14.0. The molecular formula is C13H14ClNO4. The number of carboxylic acid groups (broad SMARTS) is 1. The molecule has 1 aliphatic heterocycles. The molecule has 2 atom stereocenters. The van der Waals surface area contributed by atoms with E-state index in [1.165, 1.54) is 0 Å². The summed E-state index contributed by atoms with van der Waals surface area (Å²) in [6.45, 7) is 1.89. The summed E-state index contributed by atoms with van der Waals surface area (Å²) in [6, 6.07) is 5.29. The Kier molecular flexibility index (Phi) is 4.07. The Balaban J connectivity index is 2.02. The first-order chi connectivity index (χ1) is 8.97. The van der Waals surface area contributed by atoms with E-state index in [0.717, 1.165) is 5.56 Å². The van der Waals surface area contributed by atoms with Gasteiger partial charge in [-0.1, -0.05) is 17.7 Å². The molecule has 5 nitrogen and oxygen atoms in total. The van der Waals surface area contributed by atoms with Gasteiger partial charge in [0.05, 0.1) is 10.7 Å². The van der Waals surface area contributed by atoms with Crippen LogP contribution in [-0.4, -0.2) is 29.2 Å². The molecule has 2 N–H and O–H groups in total. The highest BCUT2D eigenvalue weighted by atomic mass is 35.5. The second-order valence-corrected chi connectivity index (χ2v) is 4.91. The smallest absolute Gasteiger partial charge is 0.332 e. The summed E-state index contributed by atoms with van der Waals surface area (Å²) < 4.78 is 5.17. The number of hydrogen-bond donors (Lipinski definition) is 2. The van der Waals surface area contributed by atoms with Crippen LogP contribution in [0.25, 0.3) is 0 Å². The van der Waals surface area contributed by atoms with Crippen LogP contribution in [0.15, 0.2) is 18.2 Å². The number of halogens is 1. The molecular weight excluding hydrogens is 270 g/mol. The van der Waals surface area contributed by atoms with E-state index < -0.39 is 18.2 Å². The Morgan fingerprint density at radius 2 is 2.05 bits per heavy atom. The molecule has 1 heterocycles. The summed E-state index contributed by atoms with van der Waals surface area (Å²) in [5.41, 5.74) is 1.48. The molecule has 1 fully saturated rings. The summed E-state index contributed by atoms with van der Waals surface area (Å²) in [6.07, 6.45) is -0.900. The van der Waals surface area contributed by atoms with E-state index in [1.807, 2.05) is 13.0 Å². The van der Waals surface area contributed by atoms with Gasteiger partial charge >= 0.3 is 5.97 Å². The van der Waals surface area contributed by atoms with Gasteiger partial charge in [-0.15, -0.1) is 0 Å². The number of aliphatic carboxylic acids is 1. The zero-order valence-electron chi connectivity index (χ0n) is 10.4. The van der Waals surface area contributed by atoms with Crippen LogP contribution in [0.3, 0.4) is 0 Å². The molecule has 102 valence electrons. The van der Waals surface area contributed by atoms with Crippen molar-refractivity contribution >= 4 is 29.2 Å². The molecule has 1 aliphatic rings. The van der Waals surface area contributed by atoms with Crippen LogP contribution in [0.1, 0.15) is 18.4 Å². The minimum absolute atomic E-state index is 0.342. The summed E-state index contributed by atoms with van der Waals surface area (Å²) in [5.74, 6) is -1.40. The van der Waals surface area contributed by atoms with E-state index in [1.54, 1.807) is 12.1 Å². The van der Waals surface area contributed by atoms with Gasteiger partial charge in [-0.05, 0) is 37.5 Å². The third-order valence-corrected chi connectivity index (χ3v) is 3.30. The van der Waals surface area contributed by atoms with Crippen LogP contribution < -0.4 is 5.32 Å². The minimum atomic E-state index is -1.04. The number of amides is 1. The summed E-state index contributed by atoms with van der Waals surface area (Å²) in [4.78, 5) is 22.7. The van der Waals surface area contributed by atoms with Gasteiger partial charge in [0.25, 0.3) is 5.91 Å². The molecule has 2 unspecified atom stereocenters. The molecule has 0 bridgehead atoms. The van der Waals surface area contributed by atoms with Crippen LogP contribution in [0.4, 0.5) is 5.69 Å². The predicted molar refractivity (Wildman–Crippen MR) is 70.3 cm³/mol. The number of benzene rings is 1. The SMILES string of the molecule is Cc1ccc(Cl)c(NC(=O)C2CCC(C(=O)O)O2)c1. The van der Waals surface area contributed by atoms with Gasteiger partial charge in [0, 0.05) is 0 Å². The lowest BCUT2D eigenvalue weighted by Crippen LogP contribution is -2.30. The lowest BCUT2D eigenvalue weighted by atomic mass is 10.1. The van der Waals surface area contributed by atoms with Crippen LogP contribution in [0.2, 0.25) is 5.02 Å². The molecule has 1 aromatic carbocycles. The Morgan fingerprint density at radius 1 is 1.37 bits per heavy atom. The van der Waals surface area contributed by atoms with Gasteiger partial charge in [-0.3, -0.25) is 4.79 Å². The maximum atomic E-state index is 12.0. The van der Waals surface area contributed by atoms with Gasteiger partial charge in [-0.2, -0.15) is 0 Å². The van der Waals surface area contributed by atoms with Gasteiger partial charge in [0.15, 0.2) is 6.10 Å². The molecule has 0 radical (unpaired) electrons. The lowest BCUT2D eigenvalue weighted by molar-refractivity contribution is -0.150. The minimum Gasteiger partial charge on any atom is -0.479 e. The number of anilines is 1. The van der Waals surface area contributed by atoms with E-state index >= 15 is 0 Å². The monoisotopic (exact) mass is 283 g/mol. The maximum Gasteiger partial charge on any atom is 0.332 e. The molecule has 19 heavy (non-hydrogen) atoms. The normalized spacial score (nSPS) is 22.2. The molecule has 2 rings (SSSR count). The molecule has 1 aromatic rings. The second kappa shape index (κ2) is 5.59. The van der Waals surface area contributed by atoms with Crippen molar-refractivity contribution in [3.63, 3.8) is 0 Å². The first-order valence-electron chi connectivity index (χ1n) is 5.92. The van der Waals surface area contributed by atoms with Crippen molar-refractivity contribution in [3.05, 3.63) is 28.8 Å². The fourth-order valence-electron chi connectivity index (χ4n) is 1.96. The third kappa shape index (κ3) is 3.24. The standard InChI is InChI=1S/C13H14ClNO4/c1-7-2-3-8(14)9(6-7)15-12(16)10-4-5-11(19-10)13(17)18/h2-3,6,10-11H,4-5H2,1H3,(H,15,16)(H,17,18). The van der Waals surface area contributed by atoms with Gasteiger partial charge in [-0.25, -0.2) is 4.79 Å². The van der Waals surface area contributed by atoms with Crippen molar-refractivity contribution in [2.75, 3.05) is 5.32 Å². The number of carboxylic acids is 1. The summed E-state index contributed by atoms with van der Waals surface area (Å²) >= 11 is 5.98. The van der Waals surface area contributed by atoms with Crippen molar-refractivity contribution in [2.24, 2.45) is 0 Å². The molecule has 0 aliphatic carbocycles. The molecule has 6 heteroatoms. The van der Waals surface area contributed by atoms with Gasteiger partial charge < -0.3 is 15.2 Å². The van der Waals surface area contributed by atoms with Crippen LogP contribution in [0.5, 0.6) is 0 Å². The molecule has 0 saturated carbocycles. The number of aryl methyl sites for hydroxylation is 1. The Bertz CT molecular complexity index is 517. The number of nitrogens with one attached hydrogen (secondary N) is 1. The second-order valence-electron chi connectivity index (χ2n) is 4.50. The molecule has 0 aromatic heterocycles. The quantitative estimate of drug-likeness (QED) is 0.892. The average molecular weight is 284 g/mol. The van der Waals surface area contributed by atoms with E-state index in [9.17, 15) is 9.59 Å². The zero-order valence-corrected chi connectivity index (χ0v) is 11.1. The average Bonchev–Trinajstić information content (AvgIpc) is 2.83. The highest BCUT2D eigenvalue weighted by molar-refractivity contribution is 6.33. The van der Waals surface area contributed by atoms with Gasteiger partial charge in [0.2, 0.25) is 0 Å². The van der Waals surface area contributed by atoms with Gasteiger partial charge in [0.1, 0.15) is 6.10 Å². The molecule has 1 saturated heterocycles. The van der Waals surface area contributed by atoms with Crippen molar-refractivity contribution < 1.29 is 19.4 Å². The fraction of sp³-hybridized carbons (Fsp3) is 0.385. The van der Waals surface area contributed by atoms with Crippen LogP contribution in [-0.2, 0) is 14.3 Å². The van der Waals surface area contributed by atoms with Crippen molar-refractivity contribution in [1.82, 2.24) is 0 Å². The number of rotatable bonds is 3. The first-order valence-corrected chi connectivity index (χ1v) is 6.30. The van der Waals surface area contributed by atoms with Crippen LogP contribution >= 0.6 is 11.6 Å². The highest BCUT2D eigenvalue weighted by Crippen LogP contribution is 2.25. The largest absolute Gasteiger partial charge is 0.479 e. The Morgan fingerprint density at radius 3 is 2.68 bits per heavy atom. The number of ether oxygens (including phenoxy) is 1. The molecule has 1 amide bonds. The molecule has 0 spiro atoms. The lowest BCUT2D eigenvalue weighted by Gasteiger charge is -2.13. The Hall–Kier alpha value is -1.59. The fourth-order valence-corrected chi connectivity index (χ4v) is 2.12. The topological polar surface area (TPSA) is 75.6 Å². The highest BCUT2D eigenvalue weighted by Gasteiger charge is 2.34. The van der Waals surface area contributed by atoms with Crippen LogP contribution in [0, 0.1) is 6.92 Å². The number of carbonyl (C=O) groups is 2. The summed E-state index contributed by atoms with van der Waals surface area (Å²) in [5, 5.41) is 11.9.